The molecule has 1 aliphatic carbocycles. The predicted molar refractivity (Wildman–Crippen MR) is 76.1 cm³/mol. The predicted octanol–water partition coefficient (Wildman–Crippen LogP) is 1.87. The molecule has 1 fully saturated rings. The quantitative estimate of drug-likeness (QED) is 0.650. The fraction of sp³-hybridized carbons (Fsp3) is 0.467. The molecule has 0 saturated heterocycles. The van der Waals surface area contributed by atoms with Crippen molar-refractivity contribution in [1.82, 2.24) is 5.32 Å². The first kappa shape index (κ1) is 14.4. The van der Waals surface area contributed by atoms with Gasteiger partial charge in [-0.1, -0.05) is 18.9 Å². The number of carbonyl (C=O) groups is 2. The minimum absolute atomic E-state index is 0.219. The van der Waals surface area contributed by atoms with Crippen LogP contribution in [0.2, 0.25) is 0 Å². The number of benzene rings is 1. The molecule has 0 bridgehead atoms. The van der Waals surface area contributed by atoms with Gasteiger partial charge in [-0.05, 0) is 38.0 Å². The van der Waals surface area contributed by atoms with Crippen LogP contribution in [0.3, 0.4) is 0 Å². The number of amides is 1. The summed E-state index contributed by atoms with van der Waals surface area (Å²) in [7, 11) is 0. The van der Waals surface area contributed by atoms with Gasteiger partial charge in [0.05, 0.1) is 5.56 Å². The molecular weight excluding hydrogens is 256 g/mol. The van der Waals surface area contributed by atoms with Crippen LogP contribution in [-0.4, -0.2) is 24.0 Å². The van der Waals surface area contributed by atoms with Gasteiger partial charge in [0.15, 0.2) is 6.10 Å². The van der Waals surface area contributed by atoms with E-state index in [1.54, 1.807) is 25.1 Å². The number of ether oxygens (including phenoxy) is 1. The van der Waals surface area contributed by atoms with Crippen molar-refractivity contribution in [3.63, 3.8) is 0 Å². The van der Waals surface area contributed by atoms with E-state index in [1.807, 2.05) is 0 Å². The lowest BCUT2D eigenvalue weighted by molar-refractivity contribution is -0.129. The Morgan fingerprint density at radius 2 is 2.05 bits per heavy atom. The van der Waals surface area contributed by atoms with E-state index in [9.17, 15) is 9.59 Å². The highest BCUT2D eigenvalue weighted by molar-refractivity contribution is 5.93. The SMILES string of the molecule is CC(OC(=O)c1cccc(N)c1)C(=O)NC1CCCC1. The molecule has 0 spiro atoms. The van der Waals surface area contributed by atoms with Gasteiger partial charge in [0.25, 0.3) is 5.91 Å². The number of hydrogen-bond donors (Lipinski definition) is 2. The minimum atomic E-state index is -0.801. The Morgan fingerprint density at radius 1 is 1.35 bits per heavy atom. The van der Waals surface area contributed by atoms with Gasteiger partial charge in [-0.25, -0.2) is 4.79 Å². The van der Waals surface area contributed by atoms with Gasteiger partial charge in [-0.2, -0.15) is 0 Å². The van der Waals surface area contributed by atoms with E-state index in [4.69, 9.17) is 10.5 Å². The first-order chi connectivity index (χ1) is 9.56. The molecule has 3 N–H and O–H groups in total. The maximum Gasteiger partial charge on any atom is 0.338 e. The van der Waals surface area contributed by atoms with Crippen LogP contribution in [0.4, 0.5) is 5.69 Å². The van der Waals surface area contributed by atoms with Gasteiger partial charge < -0.3 is 15.8 Å². The van der Waals surface area contributed by atoms with Gasteiger partial charge in [-0.15, -0.1) is 0 Å². The summed E-state index contributed by atoms with van der Waals surface area (Å²) < 4.78 is 5.16. The van der Waals surface area contributed by atoms with Crippen molar-refractivity contribution in [2.24, 2.45) is 0 Å². The van der Waals surface area contributed by atoms with Crippen molar-refractivity contribution < 1.29 is 14.3 Å². The molecule has 0 radical (unpaired) electrons. The highest BCUT2D eigenvalue weighted by atomic mass is 16.5. The molecule has 1 atom stereocenters. The molecule has 1 aromatic carbocycles. The second-order valence-corrected chi connectivity index (χ2v) is 5.16. The van der Waals surface area contributed by atoms with E-state index in [0.29, 0.717) is 11.3 Å². The van der Waals surface area contributed by atoms with E-state index in [1.165, 1.54) is 6.07 Å². The van der Waals surface area contributed by atoms with E-state index in [-0.39, 0.29) is 11.9 Å². The van der Waals surface area contributed by atoms with Crippen molar-refractivity contribution in [1.29, 1.82) is 0 Å². The van der Waals surface area contributed by atoms with E-state index in [2.05, 4.69) is 5.32 Å². The number of hydrogen-bond acceptors (Lipinski definition) is 4. The monoisotopic (exact) mass is 276 g/mol. The Balaban J connectivity index is 1.88. The van der Waals surface area contributed by atoms with Crippen molar-refractivity contribution in [2.75, 3.05) is 5.73 Å². The van der Waals surface area contributed by atoms with Gasteiger partial charge in [-0.3, -0.25) is 4.79 Å². The standard InChI is InChI=1S/C15H20N2O3/c1-10(14(18)17-13-7-2-3-8-13)20-15(19)11-5-4-6-12(16)9-11/h4-6,9-10,13H,2-3,7-8,16H2,1H3,(H,17,18). The number of nitrogen functional groups attached to an aromatic ring is 1. The molecule has 2 rings (SSSR count). The molecule has 1 amide bonds. The van der Waals surface area contributed by atoms with Crippen LogP contribution < -0.4 is 11.1 Å². The summed E-state index contributed by atoms with van der Waals surface area (Å²) in [6.07, 6.45) is 3.48. The van der Waals surface area contributed by atoms with Crippen LogP contribution in [0, 0.1) is 0 Å². The normalized spacial score (nSPS) is 16.6. The fourth-order valence-electron chi connectivity index (χ4n) is 2.34. The molecule has 20 heavy (non-hydrogen) atoms. The van der Waals surface area contributed by atoms with Crippen molar-refractivity contribution in [3.05, 3.63) is 29.8 Å². The van der Waals surface area contributed by atoms with Crippen molar-refractivity contribution >= 4 is 17.6 Å². The van der Waals surface area contributed by atoms with Crippen LogP contribution in [0.1, 0.15) is 43.0 Å². The summed E-state index contributed by atoms with van der Waals surface area (Å²) in [6.45, 7) is 1.58. The van der Waals surface area contributed by atoms with Crippen LogP contribution >= 0.6 is 0 Å². The highest BCUT2D eigenvalue weighted by Gasteiger charge is 2.23. The molecule has 0 heterocycles. The highest BCUT2D eigenvalue weighted by Crippen LogP contribution is 2.18. The van der Waals surface area contributed by atoms with E-state index >= 15 is 0 Å². The summed E-state index contributed by atoms with van der Waals surface area (Å²) in [5, 5.41) is 2.91. The van der Waals surface area contributed by atoms with Crippen molar-refractivity contribution in [2.45, 2.75) is 44.8 Å². The molecule has 1 unspecified atom stereocenters. The second-order valence-electron chi connectivity index (χ2n) is 5.16. The number of esters is 1. The third-order valence-corrected chi connectivity index (χ3v) is 3.48. The fourth-order valence-corrected chi connectivity index (χ4v) is 2.34. The third-order valence-electron chi connectivity index (χ3n) is 3.48. The van der Waals surface area contributed by atoms with Crippen LogP contribution in [0.25, 0.3) is 0 Å². The molecule has 1 aromatic rings. The Labute approximate surface area is 118 Å². The lowest BCUT2D eigenvalue weighted by atomic mass is 10.2. The lowest BCUT2D eigenvalue weighted by Crippen LogP contribution is -2.40. The minimum Gasteiger partial charge on any atom is -0.449 e. The van der Waals surface area contributed by atoms with E-state index in [0.717, 1.165) is 25.7 Å². The molecule has 5 nitrogen and oxygen atoms in total. The summed E-state index contributed by atoms with van der Waals surface area (Å²) in [6, 6.07) is 6.72. The molecule has 1 saturated carbocycles. The van der Waals surface area contributed by atoms with Crippen molar-refractivity contribution in [3.8, 4) is 0 Å². The van der Waals surface area contributed by atoms with Crippen LogP contribution in [-0.2, 0) is 9.53 Å². The first-order valence-electron chi connectivity index (χ1n) is 6.93. The Hall–Kier alpha value is -2.04. The zero-order valence-electron chi connectivity index (χ0n) is 11.6. The van der Waals surface area contributed by atoms with Crippen LogP contribution in [0.5, 0.6) is 0 Å². The third kappa shape index (κ3) is 3.73. The Morgan fingerprint density at radius 3 is 2.70 bits per heavy atom. The average Bonchev–Trinajstić information content (AvgIpc) is 2.91. The van der Waals surface area contributed by atoms with E-state index < -0.39 is 12.1 Å². The maximum atomic E-state index is 11.9. The van der Waals surface area contributed by atoms with Gasteiger partial charge in [0.2, 0.25) is 0 Å². The first-order valence-corrected chi connectivity index (χ1v) is 6.93. The zero-order chi connectivity index (χ0) is 14.5. The summed E-state index contributed by atoms with van der Waals surface area (Å²) in [4.78, 5) is 23.8. The number of anilines is 1. The van der Waals surface area contributed by atoms with Crippen LogP contribution in [0.15, 0.2) is 24.3 Å². The smallest absolute Gasteiger partial charge is 0.338 e. The maximum absolute atomic E-state index is 11.9. The summed E-state index contributed by atoms with van der Waals surface area (Å²) >= 11 is 0. The lowest BCUT2D eigenvalue weighted by Gasteiger charge is -2.17. The van der Waals surface area contributed by atoms with Gasteiger partial charge in [0, 0.05) is 11.7 Å². The Bertz CT molecular complexity index is 496. The second kappa shape index (κ2) is 6.41. The number of carbonyl (C=O) groups excluding carboxylic acids is 2. The zero-order valence-corrected chi connectivity index (χ0v) is 11.6. The molecular formula is C15H20N2O3. The largest absolute Gasteiger partial charge is 0.449 e. The topological polar surface area (TPSA) is 81.4 Å². The summed E-state index contributed by atoms with van der Waals surface area (Å²) in [5.41, 5.74) is 6.45. The molecule has 0 aliphatic heterocycles. The molecule has 0 aromatic heterocycles. The van der Waals surface area contributed by atoms with Gasteiger partial charge >= 0.3 is 5.97 Å². The summed E-state index contributed by atoms with van der Waals surface area (Å²) in [5.74, 6) is -0.777. The number of nitrogens with one attached hydrogen (secondary N) is 1. The number of rotatable bonds is 4. The average molecular weight is 276 g/mol. The van der Waals surface area contributed by atoms with Gasteiger partial charge in [0.1, 0.15) is 0 Å². The molecule has 5 heteroatoms. The Kier molecular flexibility index (Phi) is 4.61. The molecule has 1 aliphatic rings. The molecule has 108 valence electrons. The number of nitrogens with two attached hydrogens (primary N) is 1.